The fourth-order valence-electron chi connectivity index (χ4n) is 1.88. The van der Waals surface area contributed by atoms with Crippen LogP contribution >= 0.6 is 0 Å². The summed E-state index contributed by atoms with van der Waals surface area (Å²) in [6, 6.07) is 7.57. The van der Waals surface area contributed by atoms with Gasteiger partial charge in [-0.3, -0.25) is 9.78 Å². The number of fused-ring (bicyclic) bond motifs is 1. The molecule has 4 heteroatoms. The second-order valence-corrected chi connectivity index (χ2v) is 3.99. The van der Waals surface area contributed by atoms with Crippen LogP contribution in [0.4, 0.5) is 5.69 Å². The van der Waals surface area contributed by atoms with E-state index < -0.39 is 0 Å². The number of carbonyl (C=O) groups excluding carboxylic acids is 1. The van der Waals surface area contributed by atoms with Crippen molar-refractivity contribution in [2.75, 3.05) is 5.32 Å². The van der Waals surface area contributed by atoms with Gasteiger partial charge >= 0.3 is 0 Å². The lowest BCUT2D eigenvalue weighted by Crippen LogP contribution is -2.03. The molecule has 1 aliphatic rings. The van der Waals surface area contributed by atoms with Gasteiger partial charge in [0, 0.05) is 17.6 Å². The number of hydrogen-bond donors (Lipinski definition) is 2. The van der Waals surface area contributed by atoms with E-state index in [-0.39, 0.29) is 5.91 Å². The molecule has 0 bridgehead atoms. The molecule has 1 aliphatic heterocycles. The molecule has 17 heavy (non-hydrogen) atoms. The predicted molar refractivity (Wildman–Crippen MR) is 66.3 cm³/mol. The summed E-state index contributed by atoms with van der Waals surface area (Å²) in [4.78, 5) is 19.3. The molecule has 84 valence electrons. The summed E-state index contributed by atoms with van der Waals surface area (Å²) in [6.45, 7) is 1.91. The van der Waals surface area contributed by atoms with Gasteiger partial charge in [-0.25, -0.2) is 0 Å². The van der Waals surface area contributed by atoms with Crippen molar-refractivity contribution < 1.29 is 4.79 Å². The fraction of sp³-hybridized carbons (Fsp3) is 0.0769. The molecule has 0 aromatic carbocycles. The Hall–Kier alpha value is -2.36. The van der Waals surface area contributed by atoms with Crippen LogP contribution in [0.2, 0.25) is 0 Å². The minimum atomic E-state index is -0.104. The highest BCUT2D eigenvalue weighted by Gasteiger charge is 2.25. The van der Waals surface area contributed by atoms with Crippen LogP contribution in [0.15, 0.2) is 30.5 Å². The fourth-order valence-corrected chi connectivity index (χ4v) is 1.88. The Morgan fingerprint density at radius 1 is 1.29 bits per heavy atom. The highest BCUT2D eigenvalue weighted by Crippen LogP contribution is 2.31. The number of aromatic amines is 1. The van der Waals surface area contributed by atoms with Gasteiger partial charge in [0.2, 0.25) is 0 Å². The summed E-state index contributed by atoms with van der Waals surface area (Å²) >= 11 is 0. The molecular weight excluding hydrogens is 214 g/mol. The quantitative estimate of drug-likeness (QED) is 0.731. The maximum absolute atomic E-state index is 11.8. The van der Waals surface area contributed by atoms with Crippen molar-refractivity contribution >= 4 is 23.2 Å². The van der Waals surface area contributed by atoms with Gasteiger partial charge in [0.25, 0.3) is 5.91 Å². The van der Waals surface area contributed by atoms with Crippen molar-refractivity contribution in [1.82, 2.24) is 9.97 Å². The Labute approximate surface area is 98.4 Å². The summed E-state index contributed by atoms with van der Waals surface area (Å²) in [5.41, 5.74) is 3.90. The van der Waals surface area contributed by atoms with Crippen LogP contribution in [0, 0.1) is 6.92 Å². The third kappa shape index (κ3) is 1.63. The summed E-state index contributed by atoms with van der Waals surface area (Å²) in [5, 5.41) is 2.80. The molecule has 0 atom stereocenters. The van der Waals surface area contributed by atoms with E-state index in [1.54, 1.807) is 0 Å². The Kier molecular flexibility index (Phi) is 2.08. The van der Waals surface area contributed by atoms with Gasteiger partial charge in [-0.05, 0) is 37.3 Å². The number of nitrogens with one attached hydrogen (secondary N) is 2. The van der Waals surface area contributed by atoms with Gasteiger partial charge in [0.05, 0.1) is 17.0 Å². The van der Waals surface area contributed by atoms with Crippen molar-refractivity contribution in [2.24, 2.45) is 0 Å². The first kappa shape index (κ1) is 9.84. The van der Waals surface area contributed by atoms with Crippen LogP contribution in [0.3, 0.4) is 0 Å². The van der Waals surface area contributed by atoms with Crippen molar-refractivity contribution in [3.05, 3.63) is 47.5 Å². The first-order chi connectivity index (χ1) is 8.24. The SMILES string of the molecule is Cc1ccc2c(n1)C(=Cc1ccc[nH]1)C(=O)N2. The lowest BCUT2D eigenvalue weighted by atomic mass is 10.1. The summed E-state index contributed by atoms with van der Waals surface area (Å²) in [7, 11) is 0. The third-order valence-electron chi connectivity index (χ3n) is 2.70. The van der Waals surface area contributed by atoms with Crippen LogP contribution in [0.1, 0.15) is 17.1 Å². The zero-order valence-electron chi connectivity index (χ0n) is 9.32. The second-order valence-electron chi connectivity index (χ2n) is 3.99. The monoisotopic (exact) mass is 225 g/mol. The van der Waals surface area contributed by atoms with Gasteiger partial charge in [0.1, 0.15) is 0 Å². The van der Waals surface area contributed by atoms with Crippen molar-refractivity contribution in [3.8, 4) is 0 Å². The van der Waals surface area contributed by atoms with Gasteiger partial charge in [-0.2, -0.15) is 0 Å². The molecule has 0 unspecified atom stereocenters. The van der Waals surface area contributed by atoms with Crippen molar-refractivity contribution in [1.29, 1.82) is 0 Å². The number of anilines is 1. The highest BCUT2D eigenvalue weighted by molar-refractivity contribution is 6.34. The van der Waals surface area contributed by atoms with E-state index in [4.69, 9.17) is 0 Å². The van der Waals surface area contributed by atoms with E-state index in [1.165, 1.54) is 0 Å². The number of pyridine rings is 1. The van der Waals surface area contributed by atoms with E-state index in [1.807, 2.05) is 43.5 Å². The molecule has 2 N–H and O–H groups in total. The number of rotatable bonds is 1. The Balaban J connectivity index is 2.13. The summed E-state index contributed by atoms with van der Waals surface area (Å²) in [6.07, 6.45) is 3.64. The largest absolute Gasteiger partial charge is 0.362 e. The van der Waals surface area contributed by atoms with E-state index in [2.05, 4.69) is 15.3 Å². The topological polar surface area (TPSA) is 57.8 Å². The lowest BCUT2D eigenvalue weighted by Gasteiger charge is -1.98. The molecule has 0 spiro atoms. The Morgan fingerprint density at radius 2 is 2.18 bits per heavy atom. The number of aromatic nitrogens is 2. The molecule has 0 fully saturated rings. The minimum absolute atomic E-state index is 0.104. The van der Waals surface area contributed by atoms with Gasteiger partial charge in [0.15, 0.2) is 0 Å². The number of hydrogen-bond acceptors (Lipinski definition) is 2. The van der Waals surface area contributed by atoms with Gasteiger partial charge < -0.3 is 10.3 Å². The number of nitrogens with zero attached hydrogens (tertiary/aromatic N) is 1. The Bertz CT molecular complexity index is 612. The minimum Gasteiger partial charge on any atom is -0.362 e. The number of amides is 1. The van der Waals surface area contributed by atoms with Crippen LogP contribution in [0.25, 0.3) is 11.6 Å². The predicted octanol–water partition coefficient (Wildman–Crippen LogP) is 2.21. The Morgan fingerprint density at radius 3 is 2.94 bits per heavy atom. The van der Waals surface area contributed by atoms with Gasteiger partial charge in [-0.15, -0.1) is 0 Å². The molecule has 0 aliphatic carbocycles. The van der Waals surface area contributed by atoms with E-state index in [0.717, 1.165) is 22.8 Å². The van der Waals surface area contributed by atoms with E-state index in [0.29, 0.717) is 5.57 Å². The first-order valence-corrected chi connectivity index (χ1v) is 5.38. The van der Waals surface area contributed by atoms with Gasteiger partial charge in [-0.1, -0.05) is 0 Å². The smallest absolute Gasteiger partial charge is 0.258 e. The van der Waals surface area contributed by atoms with Crippen LogP contribution in [-0.4, -0.2) is 15.9 Å². The normalized spacial score (nSPS) is 16.1. The zero-order valence-corrected chi connectivity index (χ0v) is 9.32. The maximum atomic E-state index is 11.8. The molecular formula is C13H11N3O. The molecule has 2 aromatic rings. The molecule has 0 radical (unpaired) electrons. The highest BCUT2D eigenvalue weighted by atomic mass is 16.2. The third-order valence-corrected chi connectivity index (χ3v) is 2.70. The zero-order chi connectivity index (χ0) is 11.8. The number of H-pyrrole nitrogens is 1. The van der Waals surface area contributed by atoms with E-state index >= 15 is 0 Å². The van der Waals surface area contributed by atoms with E-state index in [9.17, 15) is 4.79 Å². The van der Waals surface area contributed by atoms with Crippen LogP contribution in [0.5, 0.6) is 0 Å². The standard InChI is InChI=1S/C13H11N3O/c1-8-4-5-11-12(15-8)10(13(17)16-11)7-9-3-2-6-14-9/h2-7,14H,1H3,(H,16,17). The molecule has 3 rings (SSSR count). The molecule has 0 saturated heterocycles. The molecule has 3 heterocycles. The maximum Gasteiger partial charge on any atom is 0.258 e. The van der Waals surface area contributed by atoms with Crippen molar-refractivity contribution in [3.63, 3.8) is 0 Å². The van der Waals surface area contributed by atoms with Crippen LogP contribution in [-0.2, 0) is 4.79 Å². The molecule has 2 aromatic heterocycles. The van der Waals surface area contributed by atoms with Crippen LogP contribution < -0.4 is 5.32 Å². The summed E-state index contributed by atoms with van der Waals surface area (Å²) in [5.74, 6) is -0.104. The first-order valence-electron chi connectivity index (χ1n) is 5.38. The lowest BCUT2D eigenvalue weighted by molar-refractivity contribution is -0.110. The summed E-state index contributed by atoms with van der Waals surface area (Å²) < 4.78 is 0. The average molecular weight is 225 g/mol. The average Bonchev–Trinajstić information content (AvgIpc) is 2.90. The molecule has 4 nitrogen and oxygen atoms in total. The molecule has 1 amide bonds. The number of carbonyl (C=O) groups is 1. The number of aryl methyl sites for hydroxylation is 1. The van der Waals surface area contributed by atoms with Crippen molar-refractivity contribution in [2.45, 2.75) is 6.92 Å². The second kappa shape index (κ2) is 3.59. The molecule has 0 saturated carbocycles.